The van der Waals surface area contributed by atoms with Crippen molar-refractivity contribution < 1.29 is 27.5 Å². The summed E-state index contributed by atoms with van der Waals surface area (Å²) >= 11 is 0. The lowest BCUT2D eigenvalue weighted by Crippen LogP contribution is -2.45. The second kappa shape index (κ2) is 10.6. The summed E-state index contributed by atoms with van der Waals surface area (Å²) in [5.41, 5.74) is 11.5. The highest BCUT2D eigenvalue weighted by Crippen LogP contribution is 2.30. The van der Waals surface area contributed by atoms with Crippen molar-refractivity contribution in [1.82, 2.24) is 5.32 Å². The van der Waals surface area contributed by atoms with Crippen molar-refractivity contribution in [2.24, 2.45) is 16.5 Å². The molecule has 2 aromatic carbocycles. The normalized spacial score (nSPS) is 14.2. The standard InChI is InChI=1S/C23H29N5O6S/c1-33-16-5-6-17(19(13-16)34-2)22(30)26-15-8-10-28(11-9-15)18-7-4-14(21(29)27-23(24)25)12-20(18)35(3,31)32/h4-7,12-13,15H,8-11H2,1-3H3,(H,26,30)(H4,24,25,27,29). The van der Waals surface area contributed by atoms with Crippen LogP contribution in [0.1, 0.15) is 33.6 Å². The van der Waals surface area contributed by atoms with Crippen LogP contribution in [0.4, 0.5) is 5.69 Å². The van der Waals surface area contributed by atoms with Crippen LogP contribution in [-0.2, 0) is 9.84 Å². The quantitative estimate of drug-likeness (QED) is 0.368. The zero-order valence-corrected chi connectivity index (χ0v) is 20.6. The number of amides is 2. The Labute approximate surface area is 204 Å². The molecule has 0 aromatic heterocycles. The first kappa shape index (κ1) is 25.8. The third kappa shape index (κ3) is 6.21. The van der Waals surface area contributed by atoms with Crippen LogP contribution in [0.2, 0.25) is 0 Å². The summed E-state index contributed by atoms with van der Waals surface area (Å²) in [4.78, 5) is 30.4. The summed E-state index contributed by atoms with van der Waals surface area (Å²) in [7, 11) is -0.628. The molecule has 0 saturated carbocycles. The molecular weight excluding hydrogens is 474 g/mol. The first-order chi connectivity index (χ1) is 16.5. The van der Waals surface area contributed by atoms with Crippen molar-refractivity contribution in [3.8, 4) is 11.5 Å². The van der Waals surface area contributed by atoms with Crippen molar-refractivity contribution in [2.75, 3.05) is 38.5 Å². The van der Waals surface area contributed by atoms with Gasteiger partial charge in [0, 0.05) is 37.0 Å². The van der Waals surface area contributed by atoms with E-state index in [0.717, 1.165) is 6.26 Å². The van der Waals surface area contributed by atoms with E-state index in [4.69, 9.17) is 20.9 Å². The van der Waals surface area contributed by atoms with Crippen LogP contribution in [-0.4, -0.2) is 65.8 Å². The SMILES string of the molecule is COc1ccc(C(=O)NC2CCN(c3ccc(C(=O)N=C(N)N)cc3S(C)(=O)=O)CC2)c(OC)c1. The molecule has 3 rings (SSSR count). The number of sulfone groups is 1. The number of guanidine groups is 1. The van der Waals surface area contributed by atoms with Crippen LogP contribution in [0.5, 0.6) is 11.5 Å². The molecular formula is C23H29N5O6S. The van der Waals surface area contributed by atoms with Gasteiger partial charge in [-0.3, -0.25) is 9.59 Å². The number of nitrogens with zero attached hydrogens (tertiary/aromatic N) is 2. The lowest BCUT2D eigenvalue weighted by atomic mass is 10.0. The summed E-state index contributed by atoms with van der Waals surface area (Å²) in [6.45, 7) is 1.02. The van der Waals surface area contributed by atoms with Crippen molar-refractivity contribution in [3.05, 3.63) is 47.5 Å². The van der Waals surface area contributed by atoms with Crippen molar-refractivity contribution in [3.63, 3.8) is 0 Å². The van der Waals surface area contributed by atoms with E-state index in [1.165, 1.54) is 26.4 Å². The molecule has 2 amide bonds. The zero-order valence-electron chi connectivity index (χ0n) is 19.8. The van der Waals surface area contributed by atoms with E-state index in [1.807, 2.05) is 4.90 Å². The Kier molecular flexibility index (Phi) is 7.85. The van der Waals surface area contributed by atoms with E-state index in [9.17, 15) is 18.0 Å². The van der Waals surface area contributed by atoms with Gasteiger partial charge in [-0.25, -0.2) is 8.42 Å². The Morgan fingerprint density at radius 1 is 1.06 bits per heavy atom. The Bertz CT molecular complexity index is 1250. The molecule has 0 radical (unpaired) electrons. The summed E-state index contributed by atoms with van der Waals surface area (Å²) in [5, 5.41) is 3.02. The van der Waals surface area contributed by atoms with E-state index in [0.29, 0.717) is 48.7 Å². The van der Waals surface area contributed by atoms with Gasteiger partial charge in [0.1, 0.15) is 11.5 Å². The minimum atomic E-state index is -3.65. The van der Waals surface area contributed by atoms with Gasteiger partial charge >= 0.3 is 0 Å². The molecule has 0 unspecified atom stereocenters. The van der Waals surface area contributed by atoms with Crippen molar-refractivity contribution in [1.29, 1.82) is 0 Å². The summed E-state index contributed by atoms with van der Waals surface area (Å²) in [6.07, 6.45) is 2.28. The van der Waals surface area contributed by atoms with Crippen LogP contribution in [0, 0.1) is 0 Å². The molecule has 0 spiro atoms. The van der Waals surface area contributed by atoms with Gasteiger partial charge in [-0.15, -0.1) is 0 Å². The minimum absolute atomic E-state index is 0.0135. The molecule has 11 nitrogen and oxygen atoms in total. The predicted octanol–water partition coefficient (Wildman–Crippen LogP) is 0.920. The fraction of sp³-hybridized carbons (Fsp3) is 0.348. The molecule has 2 aromatic rings. The highest BCUT2D eigenvalue weighted by Gasteiger charge is 2.26. The molecule has 5 N–H and O–H groups in total. The zero-order chi connectivity index (χ0) is 25.8. The van der Waals surface area contributed by atoms with Crippen molar-refractivity contribution >= 4 is 33.3 Å². The molecule has 0 atom stereocenters. The number of nitrogens with one attached hydrogen (secondary N) is 1. The number of aliphatic imine (C=N–C) groups is 1. The fourth-order valence-electron chi connectivity index (χ4n) is 3.90. The highest BCUT2D eigenvalue weighted by molar-refractivity contribution is 7.90. The van der Waals surface area contributed by atoms with Crippen LogP contribution in [0.3, 0.4) is 0 Å². The number of rotatable bonds is 7. The molecule has 1 heterocycles. The summed E-state index contributed by atoms with van der Waals surface area (Å²) in [6, 6.07) is 9.22. The largest absolute Gasteiger partial charge is 0.497 e. The molecule has 1 aliphatic heterocycles. The first-order valence-corrected chi connectivity index (χ1v) is 12.7. The third-order valence-corrected chi connectivity index (χ3v) is 6.79. The van der Waals surface area contributed by atoms with Gasteiger partial charge < -0.3 is 31.2 Å². The van der Waals surface area contributed by atoms with Gasteiger partial charge in [0.25, 0.3) is 11.8 Å². The number of hydrogen-bond acceptors (Lipinski definition) is 7. The number of carbonyl (C=O) groups is 2. The van der Waals surface area contributed by atoms with Gasteiger partial charge in [0.05, 0.1) is 30.4 Å². The molecule has 1 saturated heterocycles. The average molecular weight is 504 g/mol. The Hall–Kier alpha value is -3.80. The number of piperidine rings is 1. The fourth-order valence-corrected chi connectivity index (χ4v) is 4.82. The molecule has 12 heteroatoms. The average Bonchev–Trinajstić information content (AvgIpc) is 2.82. The molecule has 35 heavy (non-hydrogen) atoms. The Balaban J connectivity index is 1.73. The lowest BCUT2D eigenvalue weighted by molar-refractivity contribution is 0.0927. The van der Waals surface area contributed by atoms with Gasteiger partial charge in [0.2, 0.25) is 0 Å². The maximum Gasteiger partial charge on any atom is 0.280 e. The lowest BCUT2D eigenvalue weighted by Gasteiger charge is -2.35. The summed E-state index contributed by atoms with van der Waals surface area (Å²) < 4.78 is 35.4. The monoisotopic (exact) mass is 503 g/mol. The first-order valence-electron chi connectivity index (χ1n) is 10.8. The number of hydrogen-bond donors (Lipinski definition) is 3. The smallest absolute Gasteiger partial charge is 0.280 e. The number of carbonyl (C=O) groups excluding carboxylic acids is 2. The number of benzene rings is 2. The van der Waals surface area contributed by atoms with Crippen molar-refractivity contribution in [2.45, 2.75) is 23.8 Å². The number of ether oxygens (including phenoxy) is 2. The van der Waals surface area contributed by atoms with Gasteiger partial charge in [0.15, 0.2) is 15.8 Å². The second-order valence-electron chi connectivity index (χ2n) is 8.10. The van der Waals surface area contributed by atoms with E-state index in [2.05, 4.69) is 10.3 Å². The van der Waals surface area contributed by atoms with Gasteiger partial charge in [-0.1, -0.05) is 0 Å². The van der Waals surface area contributed by atoms with Crippen LogP contribution in [0.25, 0.3) is 0 Å². The topological polar surface area (TPSA) is 166 Å². The molecule has 0 aliphatic carbocycles. The number of anilines is 1. The predicted molar refractivity (Wildman–Crippen MR) is 132 cm³/mol. The second-order valence-corrected chi connectivity index (χ2v) is 10.1. The molecule has 188 valence electrons. The minimum Gasteiger partial charge on any atom is -0.497 e. The highest BCUT2D eigenvalue weighted by atomic mass is 32.2. The molecule has 0 bridgehead atoms. The van der Waals surface area contributed by atoms with E-state index in [1.54, 1.807) is 24.3 Å². The maximum atomic E-state index is 12.8. The Morgan fingerprint density at radius 3 is 2.31 bits per heavy atom. The van der Waals surface area contributed by atoms with Gasteiger partial charge in [-0.2, -0.15) is 4.99 Å². The van der Waals surface area contributed by atoms with E-state index < -0.39 is 21.7 Å². The van der Waals surface area contributed by atoms with Gasteiger partial charge in [-0.05, 0) is 43.2 Å². The van der Waals surface area contributed by atoms with Crippen LogP contribution >= 0.6 is 0 Å². The van der Waals surface area contributed by atoms with Crippen LogP contribution in [0.15, 0.2) is 46.3 Å². The maximum absolute atomic E-state index is 12.8. The number of methoxy groups -OCH3 is 2. The van der Waals surface area contributed by atoms with E-state index >= 15 is 0 Å². The molecule has 1 aliphatic rings. The number of nitrogens with two attached hydrogens (primary N) is 2. The Morgan fingerprint density at radius 2 is 1.74 bits per heavy atom. The van der Waals surface area contributed by atoms with Crippen LogP contribution < -0.4 is 31.2 Å². The third-order valence-electron chi connectivity index (χ3n) is 5.66. The molecule has 1 fully saturated rings. The van der Waals surface area contributed by atoms with E-state index in [-0.39, 0.29) is 22.4 Å². The summed E-state index contributed by atoms with van der Waals surface area (Å²) in [5.74, 6) is -0.401.